The molecule has 1 aromatic heterocycles. The number of aromatic nitrogens is 2. The quantitative estimate of drug-likeness (QED) is 0.394. The number of hydrogen-bond donors (Lipinski definition) is 1. The molecule has 20 heavy (non-hydrogen) atoms. The van der Waals surface area contributed by atoms with Gasteiger partial charge < -0.3 is 5.32 Å². The van der Waals surface area contributed by atoms with E-state index in [1.165, 1.54) is 18.1 Å². The van der Waals surface area contributed by atoms with Crippen LogP contribution in [0.15, 0.2) is 35.6 Å². The minimum absolute atomic E-state index is 0.0762. The highest BCUT2D eigenvalue weighted by Gasteiger charge is 2.22. The van der Waals surface area contributed by atoms with Crippen molar-refractivity contribution in [3.63, 3.8) is 0 Å². The topological polar surface area (TPSA) is 81.0 Å². The van der Waals surface area contributed by atoms with Crippen LogP contribution < -0.4 is 5.32 Å². The summed E-state index contributed by atoms with van der Waals surface area (Å²) in [5, 5.41) is 14.2. The molecule has 0 saturated carbocycles. The molecule has 2 aromatic rings. The van der Waals surface area contributed by atoms with E-state index in [-0.39, 0.29) is 11.5 Å². The fraction of sp³-hybridized carbons (Fsp3) is 0.231. The minimum atomic E-state index is -0.454. The Balaban J connectivity index is 2.23. The Morgan fingerprint density at radius 1 is 1.40 bits per heavy atom. The Hall–Kier alpha value is -2.15. The van der Waals surface area contributed by atoms with Crippen LogP contribution in [-0.4, -0.2) is 21.9 Å². The summed E-state index contributed by atoms with van der Waals surface area (Å²) in [5.74, 6) is 0.861. The number of nitro groups is 1. The second-order valence-corrected chi connectivity index (χ2v) is 5.12. The summed E-state index contributed by atoms with van der Waals surface area (Å²) in [6.07, 6.45) is 1.33. The zero-order valence-electron chi connectivity index (χ0n) is 11.2. The average molecular weight is 290 g/mol. The van der Waals surface area contributed by atoms with Crippen LogP contribution in [0, 0.1) is 17.0 Å². The summed E-state index contributed by atoms with van der Waals surface area (Å²) in [5.41, 5.74) is 2.19. The van der Waals surface area contributed by atoms with E-state index in [0.29, 0.717) is 10.8 Å². The van der Waals surface area contributed by atoms with Crippen LogP contribution >= 0.6 is 11.8 Å². The zero-order chi connectivity index (χ0) is 14.5. The summed E-state index contributed by atoms with van der Waals surface area (Å²) in [7, 11) is 1.60. The van der Waals surface area contributed by atoms with E-state index in [9.17, 15) is 10.1 Å². The largest absolute Gasteiger partial charge is 0.367 e. The first-order valence-corrected chi connectivity index (χ1v) is 6.96. The number of rotatable bonds is 5. The molecule has 2 rings (SSSR count). The number of nitrogens with one attached hydrogen (secondary N) is 1. The first kappa shape index (κ1) is 14.3. The first-order chi connectivity index (χ1) is 9.61. The van der Waals surface area contributed by atoms with Gasteiger partial charge in [0.05, 0.1) is 4.92 Å². The molecule has 7 heteroatoms. The predicted molar refractivity (Wildman–Crippen MR) is 79.0 cm³/mol. The molecule has 1 aromatic carbocycles. The summed E-state index contributed by atoms with van der Waals surface area (Å²) >= 11 is 1.33. The average Bonchev–Trinajstić information content (AvgIpc) is 2.44. The summed E-state index contributed by atoms with van der Waals surface area (Å²) in [6, 6.07) is 8.03. The third-order valence-electron chi connectivity index (χ3n) is 2.67. The summed E-state index contributed by atoms with van der Waals surface area (Å²) in [6.45, 7) is 2.01. The van der Waals surface area contributed by atoms with Crippen molar-refractivity contribution >= 4 is 23.3 Å². The molecule has 0 radical (unpaired) electrons. The van der Waals surface area contributed by atoms with Crippen molar-refractivity contribution in [2.75, 3.05) is 12.4 Å². The number of nitrogens with zero attached hydrogens (tertiary/aromatic N) is 3. The smallest absolute Gasteiger partial charge is 0.343 e. The number of aryl methyl sites for hydroxylation is 1. The SMILES string of the molecule is CNc1ncnc(SCc2cccc(C)c2)c1[N+](=O)[O-]. The van der Waals surface area contributed by atoms with E-state index in [2.05, 4.69) is 21.4 Å². The van der Waals surface area contributed by atoms with Gasteiger partial charge in [-0.3, -0.25) is 10.1 Å². The third-order valence-corrected chi connectivity index (χ3v) is 3.72. The number of thioether (sulfide) groups is 1. The van der Waals surface area contributed by atoms with E-state index < -0.39 is 4.92 Å². The molecule has 1 heterocycles. The normalized spacial score (nSPS) is 10.3. The molecule has 0 fully saturated rings. The maximum absolute atomic E-state index is 11.1. The third kappa shape index (κ3) is 3.24. The molecular weight excluding hydrogens is 276 g/mol. The van der Waals surface area contributed by atoms with E-state index in [4.69, 9.17) is 0 Å². The maximum Gasteiger partial charge on any atom is 0.343 e. The molecule has 0 saturated heterocycles. The van der Waals surface area contributed by atoms with Crippen LogP contribution in [0.5, 0.6) is 0 Å². The lowest BCUT2D eigenvalue weighted by atomic mass is 10.2. The monoisotopic (exact) mass is 290 g/mol. The zero-order valence-corrected chi connectivity index (χ0v) is 12.0. The maximum atomic E-state index is 11.1. The van der Waals surface area contributed by atoms with Crippen LogP contribution in [0.4, 0.5) is 11.5 Å². The molecule has 0 aliphatic heterocycles. The Morgan fingerprint density at radius 3 is 2.85 bits per heavy atom. The van der Waals surface area contributed by atoms with Crippen LogP contribution in [0.1, 0.15) is 11.1 Å². The lowest BCUT2D eigenvalue weighted by Gasteiger charge is -2.06. The molecule has 0 aliphatic carbocycles. The van der Waals surface area contributed by atoms with Gasteiger partial charge in [-0.2, -0.15) is 0 Å². The molecule has 1 N–H and O–H groups in total. The molecule has 0 aliphatic rings. The van der Waals surface area contributed by atoms with Crippen LogP contribution in [0.3, 0.4) is 0 Å². The van der Waals surface area contributed by atoms with Gasteiger partial charge in [-0.15, -0.1) is 0 Å². The lowest BCUT2D eigenvalue weighted by Crippen LogP contribution is -2.02. The van der Waals surface area contributed by atoms with Gasteiger partial charge in [0.25, 0.3) is 0 Å². The molecule has 0 bridgehead atoms. The molecule has 0 spiro atoms. The van der Waals surface area contributed by atoms with Gasteiger partial charge in [-0.05, 0) is 12.5 Å². The van der Waals surface area contributed by atoms with Gasteiger partial charge in [0.15, 0.2) is 5.03 Å². The van der Waals surface area contributed by atoms with Crippen molar-refractivity contribution in [3.8, 4) is 0 Å². The molecule has 0 unspecified atom stereocenters. The lowest BCUT2D eigenvalue weighted by molar-refractivity contribution is -0.387. The Bertz CT molecular complexity index is 634. The molecule has 104 valence electrons. The van der Waals surface area contributed by atoms with Crippen LogP contribution in [-0.2, 0) is 5.75 Å². The number of benzene rings is 1. The van der Waals surface area contributed by atoms with Crippen molar-refractivity contribution in [3.05, 3.63) is 51.8 Å². The molecule has 6 nitrogen and oxygen atoms in total. The van der Waals surface area contributed by atoms with Gasteiger partial charge in [0, 0.05) is 12.8 Å². The Labute approximate surface area is 120 Å². The van der Waals surface area contributed by atoms with Crippen LogP contribution in [0.2, 0.25) is 0 Å². The molecule has 0 atom stereocenters. The first-order valence-electron chi connectivity index (χ1n) is 5.97. The van der Waals surface area contributed by atoms with Crippen LogP contribution in [0.25, 0.3) is 0 Å². The Morgan fingerprint density at radius 2 is 2.20 bits per heavy atom. The fourth-order valence-corrected chi connectivity index (χ4v) is 2.68. The Kier molecular flexibility index (Phi) is 4.52. The molecule has 0 amide bonds. The highest BCUT2D eigenvalue weighted by molar-refractivity contribution is 7.98. The summed E-state index contributed by atoms with van der Waals surface area (Å²) in [4.78, 5) is 18.6. The van der Waals surface area contributed by atoms with E-state index in [0.717, 1.165) is 11.1 Å². The fourth-order valence-electron chi connectivity index (χ4n) is 1.77. The van der Waals surface area contributed by atoms with Crippen molar-refractivity contribution < 1.29 is 4.92 Å². The standard InChI is InChI=1S/C13H14N4O2S/c1-9-4-3-5-10(6-9)7-20-13-11(17(18)19)12(14-2)15-8-16-13/h3-6,8H,7H2,1-2H3,(H,14,15,16). The highest BCUT2D eigenvalue weighted by atomic mass is 32.2. The van der Waals surface area contributed by atoms with E-state index in [1.807, 2.05) is 25.1 Å². The van der Waals surface area contributed by atoms with Gasteiger partial charge in [-0.1, -0.05) is 41.6 Å². The predicted octanol–water partition coefficient (Wildman–Crippen LogP) is 3.03. The minimum Gasteiger partial charge on any atom is -0.367 e. The van der Waals surface area contributed by atoms with Crippen molar-refractivity contribution in [2.24, 2.45) is 0 Å². The van der Waals surface area contributed by atoms with Crippen molar-refractivity contribution in [1.82, 2.24) is 9.97 Å². The van der Waals surface area contributed by atoms with E-state index in [1.54, 1.807) is 7.05 Å². The van der Waals surface area contributed by atoms with Gasteiger partial charge >= 0.3 is 5.69 Å². The number of anilines is 1. The van der Waals surface area contributed by atoms with Crippen molar-refractivity contribution in [2.45, 2.75) is 17.7 Å². The van der Waals surface area contributed by atoms with Gasteiger partial charge in [0.1, 0.15) is 6.33 Å². The summed E-state index contributed by atoms with van der Waals surface area (Å²) < 4.78 is 0. The van der Waals surface area contributed by atoms with Crippen molar-refractivity contribution in [1.29, 1.82) is 0 Å². The van der Waals surface area contributed by atoms with Gasteiger partial charge in [-0.25, -0.2) is 9.97 Å². The second kappa shape index (κ2) is 6.33. The van der Waals surface area contributed by atoms with Gasteiger partial charge in [0.2, 0.25) is 5.82 Å². The highest BCUT2D eigenvalue weighted by Crippen LogP contribution is 2.33. The molecular formula is C13H14N4O2S. The second-order valence-electron chi connectivity index (χ2n) is 4.16. The van der Waals surface area contributed by atoms with E-state index >= 15 is 0 Å². The number of hydrogen-bond acceptors (Lipinski definition) is 6.